The molecule has 2 aromatic rings. The summed E-state index contributed by atoms with van der Waals surface area (Å²) in [5, 5.41) is 8.55. The van der Waals surface area contributed by atoms with Crippen LogP contribution in [0, 0.1) is 5.92 Å². The van der Waals surface area contributed by atoms with Crippen LogP contribution < -0.4 is 5.32 Å². The molecule has 0 spiro atoms. The zero-order chi connectivity index (χ0) is 18.8. The van der Waals surface area contributed by atoms with Crippen LogP contribution in [0.1, 0.15) is 33.2 Å². The first-order chi connectivity index (χ1) is 12.4. The standard InChI is InChI=1S/C19H18N4O3/c1-11(24)21-14-8-4-7-13-15(14)19(26)16(18(13)25)17(22-23(2)3)12-6-5-9-20-10-12/h4-10,16H,1-3H3,(H,21,24)/b22-17+. The van der Waals surface area contributed by atoms with Gasteiger partial charge in [0.15, 0.2) is 11.6 Å². The maximum Gasteiger partial charge on any atom is 0.221 e. The normalized spacial score (nSPS) is 16.4. The third kappa shape index (κ3) is 3.11. The van der Waals surface area contributed by atoms with Crippen molar-refractivity contribution in [3.05, 3.63) is 59.4 Å². The van der Waals surface area contributed by atoms with Crippen molar-refractivity contribution in [3.8, 4) is 0 Å². The summed E-state index contributed by atoms with van der Waals surface area (Å²) in [5.41, 5.74) is 1.80. The van der Waals surface area contributed by atoms with Crippen molar-refractivity contribution in [3.63, 3.8) is 0 Å². The highest BCUT2D eigenvalue weighted by Gasteiger charge is 2.44. The molecule has 1 unspecified atom stereocenters. The number of nitrogens with zero attached hydrogens (tertiary/aromatic N) is 3. The first-order valence-electron chi connectivity index (χ1n) is 8.05. The Kier molecular flexibility index (Phi) is 4.62. The number of aromatic nitrogens is 1. The Balaban J connectivity index is 2.13. The molecule has 7 heteroatoms. The molecule has 132 valence electrons. The molecule has 0 bridgehead atoms. The monoisotopic (exact) mass is 350 g/mol. The van der Waals surface area contributed by atoms with E-state index in [-0.39, 0.29) is 23.0 Å². The first kappa shape index (κ1) is 17.5. The molecule has 0 saturated carbocycles. The Morgan fingerprint density at radius 1 is 1.15 bits per heavy atom. The van der Waals surface area contributed by atoms with Gasteiger partial charge in [-0.2, -0.15) is 5.10 Å². The molecule has 1 aliphatic rings. The second kappa shape index (κ2) is 6.87. The number of fused-ring (bicyclic) bond motifs is 1. The summed E-state index contributed by atoms with van der Waals surface area (Å²) < 4.78 is 0. The van der Waals surface area contributed by atoms with Crippen LogP contribution in [0.3, 0.4) is 0 Å². The molecule has 0 saturated heterocycles. The second-order valence-electron chi connectivity index (χ2n) is 6.14. The van der Waals surface area contributed by atoms with Gasteiger partial charge in [-0.1, -0.05) is 12.1 Å². The van der Waals surface area contributed by atoms with Crippen molar-refractivity contribution in [2.75, 3.05) is 19.4 Å². The van der Waals surface area contributed by atoms with Crippen LogP contribution in [0.2, 0.25) is 0 Å². The molecule has 0 aliphatic heterocycles. The largest absolute Gasteiger partial charge is 0.326 e. The van der Waals surface area contributed by atoms with Crippen LogP contribution in [0.4, 0.5) is 5.69 Å². The minimum atomic E-state index is -1.06. The Hall–Kier alpha value is -3.35. The van der Waals surface area contributed by atoms with Gasteiger partial charge in [0.1, 0.15) is 5.92 Å². The number of pyridine rings is 1. The van der Waals surface area contributed by atoms with E-state index < -0.39 is 5.92 Å². The van der Waals surface area contributed by atoms with Gasteiger partial charge in [0, 0.05) is 44.5 Å². The predicted molar refractivity (Wildman–Crippen MR) is 97.4 cm³/mol. The number of carbonyl (C=O) groups excluding carboxylic acids is 3. The number of amides is 1. The lowest BCUT2D eigenvalue weighted by Crippen LogP contribution is -2.28. The van der Waals surface area contributed by atoms with E-state index in [1.165, 1.54) is 6.92 Å². The third-order valence-corrected chi connectivity index (χ3v) is 3.95. The van der Waals surface area contributed by atoms with Crippen LogP contribution >= 0.6 is 0 Å². The van der Waals surface area contributed by atoms with Gasteiger partial charge in [-0.15, -0.1) is 0 Å². The molecule has 1 aromatic carbocycles. The van der Waals surface area contributed by atoms with Crippen LogP contribution in [-0.2, 0) is 4.79 Å². The smallest absolute Gasteiger partial charge is 0.221 e. The number of carbonyl (C=O) groups is 3. The van der Waals surface area contributed by atoms with Gasteiger partial charge in [-0.05, 0) is 18.2 Å². The summed E-state index contributed by atoms with van der Waals surface area (Å²) in [6.07, 6.45) is 3.18. The van der Waals surface area contributed by atoms with Crippen molar-refractivity contribution in [1.82, 2.24) is 9.99 Å². The summed E-state index contributed by atoms with van der Waals surface area (Å²) >= 11 is 0. The third-order valence-electron chi connectivity index (χ3n) is 3.95. The lowest BCUT2D eigenvalue weighted by Gasteiger charge is -2.15. The molecule has 1 atom stereocenters. The highest BCUT2D eigenvalue weighted by atomic mass is 16.2. The van der Waals surface area contributed by atoms with Crippen molar-refractivity contribution in [1.29, 1.82) is 0 Å². The predicted octanol–water partition coefficient (Wildman–Crippen LogP) is 2.00. The van der Waals surface area contributed by atoms with Gasteiger partial charge in [-0.3, -0.25) is 19.4 Å². The molecular weight excluding hydrogens is 332 g/mol. The van der Waals surface area contributed by atoms with E-state index in [0.717, 1.165) is 0 Å². The summed E-state index contributed by atoms with van der Waals surface area (Å²) in [6, 6.07) is 8.33. The topological polar surface area (TPSA) is 91.7 Å². The van der Waals surface area contributed by atoms with E-state index in [1.54, 1.807) is 61.8 Å². The molecule has 7 nitrogen and oxygen atoms in total. The number of hydrogen-bond acceptors (Lipinski definition) is 6. The number of hydrazone groups is 1. The molecule has 1 amide bonds. The average molecular weight is 350 g/mol. The van der Waals surface area contributed by atoms with Gasteiger partial charge in [-0.25, -0.2) is 0 Å². The van der Waals surface area contributed by atoms with E-state index in [2.05, 4.69) is 15.4 Å². The number of anilines is 1. The fourth-order valence-corrected chi connectivity index (χ4v) is 3.00. The SMILES string of the molecule is CC(=O)Nc1cccc2c1C(=O)C(/C(=N/N(C)C)c1cccnc1)C2=O. The van der Waals surface area contributed by atoms with Crippen LogP contribution in [0.5, 0.6) is 0 Å². The molecule has 1 aromatic heterocycles. The average Bonchev–Trinajstić information content (AvgIpc) is 2.85. The summed E-state index contributed by atoms with van der Waals surface area (Å²) in [4.78, 5) is 41.6. The minimum absolute atomic E-state index is 0.230. The van der Waals surface area contributed by atoms with Gasteiger partial charge in [0.05, 0.1) is 17.0 Å². The van der Waals surface area contributed by atoms with E-state index in [4.69, 9.17) is 0 Å². The lowest BCUT2D eigenvalue weighted by atomic mass is 9.93. The summed E-state index contributed by atoms with van der Waals surface area (Å²) in [5.74, 6) is -2.08. The zero-order valence-electron chi connectivity index (χ0n) is 14.7. The van der Waals surface area contributed by atoms with E-state index in [1.807, 2.05) is 0 Å². The van der Waals surface area contributed by atoms with Gasteiger partial charge >= 0.3 is 0 Å². The van der Waals surface area contributed by atoms with Gasteiger partial charge in [0.25, 0.3) is 0 Å². The minimum Gasteiger partial charge on any atom is -0.326 e. The van der Waals surface area contributed by atoms with Gasteiger partial charge < -0.3 is 10.3 Å². The number of hydrogen-bond donors (Lipinski definition) is 1. The Morgan fingerprint density at radius 2 is 1.92 bits per heavy atom. The van der Waals surface area contributed by atoms with Crippen molar-refractivity contribution < 1.29 is 14.4 Å². The molecule has 1 N–H and O–H groups in total. The molecule has 0 fully saturated rings. The van der Waals surface area contributed by atoms with E-state index in [9.17, 15) is 14.4 Å². The summed E-state index contributed by atoms with van der Waals surface area (Å²) in [7, 11) is 3.44. The Morgan fingerprint density at radius 3 is 2.54 bits per heavy atom. The highest BCUT2D eigenvalue weighted by Crippen LogP contribution is 2.34. The first-order valence-corrected chi connectivity index (χ1v) is 8.05. The van der Waals surface area contributed by atoms with E-state index in [0.29, 0.717) is 22.5 Å². The highest BCUT2D eigenvalue weighted by molar-refractivity contribution is 6.40. The Bertz CT molecular complexity index is 920. The van der Waals surface area contributed by atoms with Crippen molar-refractivity contribution in [2.45, 2.75) is 6.92 Å². The number of benzene rings is 1. The van der Waals surface area contributed by atoms with Crippen molar-refractivity contribution >= 4 is 28.9 Å². The number of rotatable bonds is 4. The quantitative estimate of drug-likeness (QED) is 0.517. The molecular formula is C19H18N4O3. The Labute approximate surface area is 150 Å². The molecule has 0 radical (unpaired) electrons. The number of ketones is 2. The lowest BCUT2D eigenvalue weighted by molar-refractivity contribution is -0.114. The van der Waals surface area contributed by atoms with Crippen LogP contribution in [0.25, 0.3) is 0 Å². The van der Waals surface area contributed by atoms with Gasteiger partial charge in [0.2, 0.25) is 5.91 Å². The molecule has 1 aliphatic carbocycles. The summed E-state index contributed by atoms with van der Waals surface area (Å²) in [6.45, 7) is 1.35. The molecule has 26 heavy (non-hydrogen) atoms. The fraction of sp³-hybridized carbons (Fsp3) is 0.211. The van der Waals surface area contributed by atoms with E-state index >= 15 is 0 Å². The second-order valence-corrected chi connectivity index (χ2v) is 6.14. The van der Waals surface area contributed by atoms with Crippen LogP contribution in [-0.4, -0.2) is 47.3 Å². The zero-order valence-corrected chi connectivity index (χ0v) is 14.7. The van der Waals surface area contributed by atoms with Crippen molar-refractivity contribution in [2.24, 2.45) is 11.0 Å². The molecule has 1 heterocycles. The maximum absolute atomic E-state index is 13.1. The fourth-order valence-electron chi connectivity index (χ4n) is 3.00. The molecule has 3 rings (SSSR count). The van der Waals surface area contributed by atoms with Crippen LogP contribution in [0.15, 0.2) is 47.8 Å². The number of Topliss-reactive ketones (excluding diaryl/α,β-unsaturated/α-hetero) is 2. The maximum atomic E-state index is 13.1. The number of nitrogens with one attached hydrogen (secondary N) is 1.